The number of hydrogen-bond donors (Lipinski definition) is 1. The van der Waals surface area contributed by atoms with Gasteiger partial charge in [-0.25, -0.2) is 4.79 Å². The van der Waals surface area contributed by atoms with E-state index in [-0.39, 0.29) is 41.0 Å². The number of ether oxygens (including phenoxy) is 1. The van der Waals surface area contributed by atoms with Gasteiger partial charge in [-0.05, 0) is 83.6 Å². The zero-order valence-corrected chi connectivity index (χ0v) is 20.4. The Kier molecular flexibility index (Phi) is 5.81. The lowest BCUT2D eigenvalue weighted by molar-refractivity contribution is -0.123. The molecule has 174 valence electrons. The number of carbonyl (C=O) groups excluding carboxylic acids is 4. The number of anilines is 2. The van der Waals surface area contributed by atoms with Gasteiger partial charge in [-0.2, -0.15) is 0 Å². The molecule has 3 amide bonds. The molecular formula is C25H20BrClN2O5. The maximum absolute atomic E-state index is 13.1. The number of nitrogens with zero attached hydrogens (tertiary/aromatic N) is 1. The highest BCUT2D eigenvalue weighted by Gasteiger charge is 2.60. The summed E-state index contributed by atoms with van der Waals surface area (Å²) >= 11 is 9.27. The van der Waals surface area contributed by atoms with Crippen molar-refractivity contribution in [2.24, 2.45) is 23.7 Å². The summed E-state index contributed by atoms with van der Waals surface area (Å²) in [5, 5.41) is 3.04. The number of allylic oxidation sites excluding steroid dienone is 2. The Morgan fingerprint density at radius 3 is 2.53 bits per heavy atom. The first-order chi connectivity index (χ1) is 16.2. The molecule has 1 heterocycles. The molecule has 4 atom stereocenters. The SMILES string of the molecule is CC1=C[C@H]2C[C@H]1[C@@H]1C(=O)N(c3ccc(C(=O)OCC(=O)Nc4ccc(Br)c(Cl)c4)cc3)C(=O)[C@H]12. The van der Waals surface area contributed by atoms with Crippen LogP contribution in [0.15, 0.2) is 58.6 Å². The zero-order chi connectivity index (χ0) is 24.1. The summed E-state index contributed by atoms with van der Waals surface area (Å²) in [5.41, 5.74) is 2.31. The topological polar surface area (TPSA) is 92.8 Å². The number of nitrogens with one attached hydrogen (secondary N) is 1. The molecule has 34 heavy (non-hydrogen) atoms. The minimum absolute atomic E-state index is 0.130. The molecule has 0 unspecified atom stereocenters. The van der Waals surface area contributed by atoms with Crippen molar-refractivity contribution in [3.8, 4) is 0 Å². The van der Waals surface area contributed by atoms with E-state index in [2.05, 4.69) is 27.3 Å². The fourth-order valence-electron chi connectivity index (χ4n) is 5.26. The third-order valence-electron chi connectivity index (χ3n) is 6.78. The summed E-state index contributed by atoms with van der Waals surface area (Å²) in [4.78, 5) is 51.8. The third-order valence-corrected chi connectivity index (χ3v) is 8.01. The van der Waals surface area contributed by atoms with E-state index in [1.807, 2.05) is 6.92 Å². The van der Waals surface area contributed by atoms with Crippen LogP contribution in [0.25, 0.3) is 0 Å². The molecule has 2 aromatic carbocycles. The van der Waals surface area contributed by atoms with E-state index in [1.165, 1.54) is 22.6 Å². The lowest BCUT2D eigenvalue weighted by Crippen LogP contribution is -2.33. The molecule has 0 aromatic heterocycles. The average molecular weight is 544 g/mol. The first-order valence-corrected chi connectivity index (χ1v) is 12.0. The van der Waals surface area contributed by atoms with Gasteiger partial charge in [-0.1, -0.05) is 23.3 Å². The minimum atomic E-state index is -0.690. The van der Waals surface area contributed by atoms with Gasteiger partial charge in [0.25, 0.3) is 5.91 Å². The molecule has 2 fully saturated rings. The summed E-state index contributed by atoms with van der Waals surface area (Å²) in [6.45, 7) is 1.55. The fraction of sp³-hybridized carbons (Fsp3) is 0.280. The average Bonchev–Trinajstić information content (AvgIpc) is 3.45. The molecule has 1 saturated carbocycles. The van der Waals surface area contributed by atoms with Crippen molar-refractivity contribution in [3.05, 3.63) is 69.2 Å². The summed E-state index contributed by atoms with van der Waals surface area (Å²) in [5.74, 6) is -1.85. The molecule has 1 saturated heterocycles. The summed E-state index contributed by atoms with van der Waals surface area (Å²) in [6.07, 6.45) is 3.00. The van der Waals surface area contributed by atoms with Crippen LogP contribution in [0.4, 0.5) is 11.4 Å². The van der Waals surface area contributed by atoms with Crippen molar-refractivity contribution in [3.63, 3.8) is 0 Å². The number of fused-ring (bicyclic) bond motifs is 5. The Morgan fingerprint density at radius 1 is 1.12 bits per heavy atom. The van der Waals surface area contributed by atoms with Crippen molar-refractivity contribution < 1.29 is 23.9 Å². The van der Waals surface area contributed by atoms with Crippen LogP contribution in [0.5, 0.6) is 0 Å². The van der Waals surface area contributed by atoms with Crippen molar-refractivity contribution in [1.82, 2.24) is 0 Å². The lowest BCUT2D eigenvalue weighted by Gasteiger charge is -2.19. The van der Waals surface area contributed by atoms with Crippen LogP contribution in [0, 0.1) is 23.7 Å². The summed E-state index contributed by atoms with van der Waals surface area (Å²) < 4.78 is 5.78. The first-order valence-electron chi connectivity index (χ1n) is 10.8. The number of benzene rings is 2. The second-order valence-electron chi connectivity index (χ2n) is 8.78. The molecule has 2 aliphatic carbocycles. The molecule has 1 aliphatic heterocycles. The number of halogens is 2. The standard InChI is InChI=1S/C25H20BrClN2O5/c1-12-8-14-9-17(12)22-21(14)23(31)29(24(22)32)16-5-2-13(3-6-16)25(33)34-11-20(30)28-15-4-7-18(26)19(27)10-15/h2-8,10,14,17,21-22H,9,11H2,1H3,(H,28,30)/t14-,17+,21-,22-/m0/s1. The molecule has 5 rings (SSSR count). The molecule has 3 aliphatic rings. The van der Waals surface area contributed by atoms with Gasteiger partial charge in [0, 0.05) is 10.2 Å². The van der Waals surface area contributed by atoms with E-state index in [0.717, 1.165) is 6.42 Å². The lowest BCUT2D eigenvalue weighted by atomic mass is 9.82. The van der Waals surface area contributed by atoms with Crippen molar-refractivity contribution in [1.29, 1.82) is 0 Å². The Balaban J connectivity index is 1.20. The highest BCUT2D eigenvalue weighted by atomic mass is 79.9. The number of esters is 1. The number of hydrogen-bond acceptors (Lipinski definition) is 5. The van der Waals surface area contributed by atoms with Crippen LogP contribution in [-0.2, 0) is 19.1 Å². The van der Waals surface area contributed by atoms with Gasteiger partial charge in [0.15, 0.2) is 6.61 Å². The second kappa shape index (κ2) is 8.67. The Bertz CT molecular complexity index is 1260. The fourth-order valence-corrected chi connectivity index (χ4v) is 5.69. The number of rotatable bonds is 5. The van der Waals surface area contributed by atoms with E-state index >= 15 is 0 Å². The van der Waals surface area contributed by atoms with E-state index in [4.69, 9.17) is 16.3 Å². The van der Waals surface area contributed by atoms with Crippen LogP contribution in [0.3, 0.4) is 0 Å². The molecule has 2 bridgehead atoms. The van der Waals surface area contributed by atoms with Crippen LogP contribution >= 0.6 is 27.5 Å². The monoisotopic (exact) mass is 542 g/mol. The van der Waals surface area contributed by atoms with E-state index in [9.17, 15) is 19.2 Å². The van der Waals surface area contributed by atoms with Crippen LogP contribution in [0.1, 0.15) is 23.7 Å². The maximum Gasteiger partial charge on any atom is 0.338 e. The molecule has 0 spiro atoms. The van der Waals surface area contributed by atoms with Crippen molar-refractivity contribution >= 4 is 62.6 Å². The van der Waals surface area contributed by atoms with Crippen LogP contribution in [0.2, 0.25) is 5.02 Å². The molecule has 7 nitrogen and oxygen atoms in total. The predicted octanol–water partition coefficient (Wildman–Crippen LogP) is 4.60. The number of carbonyl (C=O) groups is 4. The normalized spacial score (nSPS) is 24.8. The van der Waals surface area contributed by atoms with E-state index < -0.39 is 18.5 Å². The first kappa shape index (κ1) is 22.8. The van der Waals surface area contributed by atoms with Crippen LogP contribution in [-0.4, -0.2) is 30.3 Å². The van der Waals surface area contributed by atoms with Gasteiger partial charge in [-0.15, -0.1) is 0 Å². The highest BCUT2D eigenvalue weighted by Crippen LogP contribution is 2.55. The van der Waals surface area contributed by atoms with Crippen molar-refractivity contribution in [2.75, 3.05) is 16.8 Å². The van der Waals surface area contributed by atoms with Crippen molar-refractivity contribution in [2.45, 2.75) is 13.3 Å². The molecular weight excluding hydrogens is 524 g/mol. The molecule has 1 N–H and O–H groups in total. The highest BCUT2D eigenvalue weighted by molar-refractivity contribution is 9.10. The van der Waals surface area contributed by atoms with Gasteiger partial charge in [0.05, 0.1) is 28.1 Å². The van der Waals surface area contributed by atoms with E-state index in [1.54, 1.807) is 30.3 Å². The van der Waals surface area contributed by atoms with Gasteiger partial charge < -0.3 is 10.1 Å². The number of amides is 3. The van der Waals surface area contributed by atoms with Crippen LogP contribution < -0.4 is 10.2 Å². The largest absolute Gasteiger partial charge is 0.452 e. The molecule has 9 heteroatoms. The summed E-state index contributed by atoms with van der Waals surface area (Å²) in [6, 6.07) is 11.0. The van der Waals surface area contributed by atoms with Gasteiger partial charge in [-0.3, -0.25) is 19.3 Å². The predicted molar refractivity (Wildman–Crippen MR) is 129 cm³/mol. The molecule has 2 aromatic rings. The zero-order valence-electron chi connectivity index (χ0n) is 18.1. The van der Waals surface area contributed by atoms with Gasteiger partial charge in [0.1, 0.15) is 0 Å². The maximum atomic E-state index is 13.1. The third kappa shape index (κ3) is 3.84. The van der Waals surface area contributed by atoms with Gasteiger partial charge in [0.2, 0.25) is 11.8 Å². The quantitative estimate of drug-likeness (QED) is 0.338. The minimum Gasteiger partial charge on any atom is -0.452 e. The van der Waals surface area contributed by atoms with Gasteiger partial charge >= 0.3 is 5.97 Å². The number of imide groups is 1. The van der Waals surface area contributed by atoms with E-state index in [0.29, 0.717) is 20.9 Å². The molecule has 0 radical (unpaired) electrons. The smallest absolute Gasteiger partial charge is 0.338 e. The Hall–Kier alpha value is -2.97. The Labute approximate surface area is 209 Å². The summed E-state index contributed by atoms with van der Waals surface area (Å²) in [7, 11) is 0. The Morgan fingerprint density at radius 2 is 1.82 bits per heavy atom. The second-order valence-corrected chi connectivity index (χ2v) is 10.0.